The van der Waals surface area contributed by atoms with Crippen molar-refractivity contribution in [1.82, 2.24) is 4.90 Å². The Morgan fingerprint density at radius 2 is 1.94 bits per heavy atom. The first-order valence-corrected chi connectivity index (χ1v) is 5.69. The molecule has 1 aromatic rings. The predicted octanol–water partition coefficient (Wildman–Crippen LogP) is 2.23. The standard InChI is InChI=1S/C11H10BrNO4/c1-17-10(14)8-2-6-4-13(11(15)16)5-7(6)3-9(8)12/h2-3H,4-5H2,1H3,(H,15,16). The van der Waals surface area contributed by atoms with E-state index in [0.29, 0.717) is 23.1 Å². The first kappa shape index (κ1) is 11.9. The van der Waals surface area contributed by atoms with Crippen LogP contribution < -0.4 is 0 Å². The molecule has 0 saturated heterocycles. The number of hydrogen-bond donors (Lipinski definition) is 1. The van der Waals surface area contributed by atoms with Crippen LogP contribution in [0.5, 0.6) is 0 Å². The third-order valence-electron chi connectivity index (χ3n) is 2.69. The number of nitrogens with zero attached hydrogens (tertiary/aromatic N) is 1. The molecular weight excluding hydrogens is 290 g/mol. The Morgan fingerprint density at radius 1 is 1.35 bits per heavy atom. The van der Waals surface area contributed by atoms with E-state index in [9.17, 15) is 9.59 Å². The Kier molecular flexibility index (Phi) is 3.06. The lowest BCUT2D eigenvalue weighted by Crippen LogP contribution is -2.22. The molecule has 1 aliphatic rings. The Bertz CT molecular complexity index is 500. The second kappa shape index (κ2) is 4.37. The van der Waals surface area contributed by atoms with Crippen molar-refractivity contribution in [3.8, 4) is 0 Å². The van der Waals surface area contributed by atoms with Gasteiger partial charge in [0.2, 0.25) is 0 Å². The van der Waals surface area contributed by atoms with Gasteiger partial charge in [-0.2, -0.15) is 0 Å². The maximum atomic E-state index is 11.5. The van der Waals surface area contributed by atoms with Crippen LogP contribution in [0.4, 0.5) is 4.79 Å². The fourth-order valence-electron chi connectivity index (χ4n) is 1.82. The second-order valence-corrected chi connectivity index (χ2v) is 4.59. The molecule has 1 aliphatic heterocycles. The van der Waals surface area contributed by atoms with Crippen molar-refractivity contribution in [2.45, 2.75) is 13.1 Å². The number of fused-ring (bicyclic) bond motifs is 1. The van der Waals surface area contributed by atoms with Gasteiger partial charge in [-0.1, -0.05) is 0 Å². The van der Waals surface area contributed by atoms with Gasteiger partial charge < -0.3 is 9.84 Å². The van der Waals surface area contributed by atoms with Crippen molar-refractivity contribution in [3.63, 3.8) is 0 Å². The highest BCUT2D eigenvalue weighted by Gasteiger charge is 2.25. The van der Waals surface area contributed by atoms with Crippen LogP contribution in [0.3, 0.4) is 0 Å². The molecule has 0 bridgehead atoms. The van der Waals surface area contributed by atoms with Crippen LogP contribution in [0.15, 0.2) is 16.6 Å². The van der Waals surface area contributed by atoms with E-state index in [0.717, 1.165) is 11.1 Å². The lowest BCUT2D eigenvalue weighted by Gasteiger charge is -2.08. The van der Waals surface area contributed by atoms with Crippen molar-refractivity contribution in [3.05, 3.63) is 33.3 Å². The van der Waals surface area contributed by atoms with Crippen LogP contribution in [-0.4, -0.2) is 29.2 Å². The molecule has 0 radical (unpaired) electrons. The van der Waals surface area contributed by atoms with Gasteiger partial charge in [-0.25, -0.2) is 9.59 Å². The Morgan fingerprint density at radius 3 is 2.47 bits per heavy atom. The molecule has 0 fully saturated rings. The van der Waals surface area contributed by atoms with E-state index in [2.05, 4.69) is 20.7 Å². The maximum Gasteiger partial charge on any atom is 0.407 e. The van der Waals surface area contributed by atoms with Crippen LogP contribution in [0.1, 0.15) is 21.5 Å². The van der Waals surface area contributed by atoms with Crippen molar-refractivity contribution in [1.29, 1.82) is 0 Å². The van der Waals surface area contributed by atoms with Crippen molar-refractivity contribution in [2.24, 2.45) is 0 Å². The van der Waals surface area contributed by atoms with E-state index in [1.165, 1.54) is 12.0 Å². The van der Waals surface area contributed by atoms with Gasteiger partial charge in [0.1, 0.15) is 0 Å². The lowest BCUT2D eigenvalue weighted by atomic mass is 10.1. The van der Waals surface area contributed by atoms with E-state index >= 15 is 0 Å². The quantitative estimate of drug-likeness (QED) is 0.808. The fraction of sp³-hybridized carbons (Fsp3) is 0.273. The minimum atomic E-state index is -0.961. The topological polar surface area (TPSA) is 66.8 Å². The molecule has 0 unspecified atom stereocenters. The lowest BCUT2D eigenvalue weighted by molar-refractivity contribution is 0.0599. The summed E-state index contributed by atoms with van der Waals surface area (Å²) in [6, 6.07) is 3.44. The summed E-state index contributed by atoms with van der Waals surface area (Å²) >= 11 is 3.28. The van der Waals surface area contributed by atoms with E-state index < -0.39 is 12.1 Å². The maximum absolute atomic E-state index is 11.5. The Balaban J connectivity index is 2.37. The number of methoxy groups -OCH3 is 1. The average Bonchev–Trinajstić information content (AvgIpc) is 2.69. The molecule has 5 nitrogen and oxygen atoms in total. The van der Waals surface area contributed by atoms with Crippen LogP contribution in [0.2, 0.25) is 0 Å². The summed E-state index contributed by atoms with van der Waals surface area (Å²) in [6.07, 6.45) is -0.961. The molecular formula is C11H10BrNO4. The van der Waals surface area contributed by atoms with E-state index in [1.807, 2.05) is 0 Å². The van der Waals surface area contributed by atoms with Crippen LogP contribution >= 0.6 is 15.9 Å². The molecule has 1 N–H and O–H groups in total. The zero-order valence-electron chi connectivity index (χ0n) is 9.07. The van der Waals surface area contributed by atoms with Gasteiger partial charge in [-0.3, -0.25) is 4.90 Å². The summed E-state index contributed by atoms with van der Waals surface area (Å²) in [4.78, 5) is 23.6. The monoisotopic (exact) mass is 299 g/mol. The third-order valence-corrected chi connectivity index (χ3v) is 3.34. The number of esters is 1. The molecule has 6 heteroatoms. The molecule has 90 valence electrons. The minimum absolute atomic E-state index is 0.307. The largest absolute Gasteiger partial charge is 0.465 e. The highest BCUT2D eigenvalue weighted by molar-refractivity contribution is 9.10. The molecule has 0 saturated carbocycles. The number of halogens is 1. The molecule has 1 amide bonds. The predicted molar refractivity (Wildman–Crippen MR) is 62.8 cm³/mol. The molecule has 0 atom stereocenters. The molecule has 1 aromatic carbocycles. The number of rotatable bonds is 1. The van der Waals surface area contributed by atoms with E-state index in [4.69, 9.17) is 5.11 Å². The summed E-state index contributed by atoms with van der Waals surface area (Å²) in [6.45, 7) is 0.659. The molecule has 1 heterocycles. The fourth-order valence-corrected chi connectivity index (χ4v) is 2.38. The SMILES string of the molecule is COC(=O)c1cc2c(cc1Br)CN(C(=O)O)C2. The van der Waals surface area contributed by atoms with Gasteiger partial charge in [-0.05, 0) is 39.2 Å². The zero-order chi connectivity index (χ0) is 12.6. The summed E-state index contributed by atoms with van der Waals surface area (Å²) in [5, 5.41) is 8.90. The van der Waals surface area contributed by atoms with E-state index in [1.54, 1.807) is 12.1 Å². The number of carboxylic acid groups (broad SMARTS) is 1. The molecule has 17 heavy (non-hydrogen) atoms. The second-order valence-electron chi connectivity index (χ2n) is 3.73. The van der Waals surface area contributed by atoms with E-state index in [-0.39, 0.29) is 0 Å². The Labute approximate surface area is 106 Å². The molecule has 0 aliphatic carbocycles. The van der Waals surface area contributed by atoms with Gasteiger partial charge >= 0.3 is 12.1 Å². The molecule has 0 aromatic heterocycles. The normalized spacial score (nSPS) is 13.4. The first-order valence-electron chi connectivity index (χ1n) is 4.90. The van der Waals surface area contributed by atoms with Crippen LogP contribution in [0.25, 0.3) is 0 Å². The summed E-state index contributed by atoms with van der Waals surface area (Å²) < 4.78 is 5.27. The van der Waals surface area contributed by atoms with Gasteiger partial charge in [0.15, 0.2) is 0 Å². The van der Waals surface area contributed by atoms with Crippen LogP contribution in [0, 0.1) is 0 Å². The number of ether oxygens (including phenoxy) is 1. The molecule has 0 spiro atoms. The smallest absolute Gasteiger partial charge is 0.407 e. The van der Waals surface area contributed by atoms with Gasteiger partial charge in [0, 0.05) is 17.6 Å². The molecule has 2 rings (SSSR count). The highest BCUT2D eigenvalue weighted by atomic mass is 79.9. The summed E-state index contributed by atoms with van der Waals surface area (Å²) in [5.41, 5.74) is 2.17. The number of carbonyl (C=O) groups is 2. The minimum Gasteiger partial charge on any atom is -0.465 e. The summed E-state index contributed by atoms with van der Waals surface area (Å²) in [5.74, 6) is -0.437. The number of hydrogen-bond acceptors (Lipinski definition) is 3. The number of carbonyl (C=O) groups excluding carboxylic acids is 1. The van der Waals surface area contributed by atoms with Crippen molar-refractivity contribution in [2.75, 3.05) is 7.11 Å². The highest BCUT2D eigenvalue weighted by Crippen LogP contribution is 2.29. The van der Waals surface area contributed by atoms with Gasteiger partial charge in [0.25, 0.3) is 0 Å². The van der Waals surface area contributed by atoms with Gasteiger partial charge in [0.05, 0.1) is 12.7 Å². The zero-order valence-corrected chi connectivity index (χ0v) is 10.7. The van der Waals surface area contributed by atoms with Crippen LogP contribution in [-0.2, 0) is 17.8 Å². The Hall–Kier alpha value is -1.56. The number of benzene rings is 1. The average molecular weight is 300 g/mol. The van der Waals surface area contributed by atoms with Gasteiger partial charge in [-0.15, -0.1) is 0 Å². The summed E-state index contributed by atoms with van der Waals surface area (Å²) in [7, 11) is 1.31. The third kappa shape index (κ3) is 2.12. The van der Waals surface area contributed by atoms with Crippen molar-refractivity contribution < 1.29 is 19.4 Å². The first-order chi connectivity index (χ1) is 8.02. The van der Waals surface area contributed by atoms with Crippen molar-refractivity contribution >= 4 is 28.0 Å². The number of amides is 1.